The molecule has 1 nitrogen and oxygen atoms in total. The fourth-order valence-corrected chi connectivity index (χ4v) is 2.66. The summed E-state index contributed by atoms with van der Waals surface area (Å²) in [6.07, 6.45) is 6.74. The second kappa shape index (κ2) is 5.75. The van der Waals surface area contributed by atoms with E-state index in [1.165, 1.54) is 32.1 Å². The summed E-state index contributed by atoms with van der Waals surface area (Å²) in [6.45, 7) is 9.39. The summed E-state index contributed by atoms with van der Waals surface area (Å²) in [6, 6.07) is 1.55. The van der Waals surface area contributed by atoms with Gasteiger partial charge in [-0.25, -0.2) is 0 Å². The van der Waals surface area contributed by atoms with E-state index in [2.05, 4.69) is 33.0 Å². The molecule has 0 aromatic rings. The third-order valence-electron chi connectivity index (χ3n) is 4.04. The van der Waals surface area contributed by atoms with E-state index in [1.54, 1.807) is 0 Å². The van der Waals surface area contributed by atoms with Gasteiger partial charge in [0.15, 0.2) is 0 Å². The van der Waals surface area contributed by atoms with Crippen molar-refractivity contribution in [1.29, 1.82) is 0 Å². The van der Waals surface area contributed by atoms with E-state index in [4.69, 9.17) is 0 Å². The van der Waals surface area contributed by atoms with Crippen LogP contribution in [0.5, 0.6) is 0 Å². The zero-order valence-corrected chi connectivity index (χ0v) is 10.3. The maximum atomic E-state index is 3.85. The van der Waals surface area contributed by atoms with E-state index >= 15 is 0 Å². The average molecular weight is 197 g/mol. The summed E-state index contributed by atoms with van der Waals surface area (Å²) in [7, 11) is 0. The van der Waals surface area contributed by atoms with Crippen molar-refractivity contribution in [3.05, 3.63) is 0 Å². The lowest BCUT2D eigenvalue weighted by Crippen LogP contribution is -2.40. The summed E-state index contributed by atoms with van der Waals surface area (Å²) in [5.74, 6) is 1.80. The first-order valence-corrected chi connectivity index (χ1v) is 6.45. The van der Waals surface area contributed by atoms with Crippen molar-refractivity contribution >= 4 is 0 Å². The van der Waals surface area contributed by atoms with Gasteiger partial charge in [0.25, 0.3) is 0 Å². The van der Waals surface area contributed by atoms with Crippen LogP contribution in [0.3, 0.4) is 0 Å². The Bertz CT molecular complexity index is 155. The van der Waals surface area contributed by atoms with Crippen LogP contribution in [0.1, 0.15) is 59.8 Å². The van der Waals surface area contributed by atoms with Gasteiger partial charge in [-0.3, -0.25) is 0 Å². The van der Waals surface area contributed by atoms with E-state index < -0.39 is 0 Å². The molecule has 1 aliphatic carbocycles. The lowest BCUT2D eigenvalue weighted by Gasteiger charge is -2.25. The maximum Gasteiger partial charge on any atom is 0.00979 e. The summed E-state index contributed by atoms with van der Waals surface area (Å²) in [4.78, 5) is 0. The van der Waals surface area contributed by atoms with Gasteiger partial charge in [-0.1, -0.05) is 34.1 Å². The first-order chi connectivity index (χ1) is 6.69. The lowest BCUT2D eigenvalue weighted by molar-refractivity contribution is 0.323. The number of nitrogens with one attached hydrogen (secondary N) is 1. The molecule has 1 saturated carbocycles. The first-order valence-electron chi connectivity index (χ1n) is 6.45. The van der Waals surface area contributed by atoms with Crippen LogP contribution in [0.25, 0.3) is 0 Å². The topological polar surface area (TPSA) is 12.0 Å². The van der Waals surface area contributed by atoms with Gasteiger partial charge in [0.1, 0.15) is 0 Å². The Kier molecular flexibility index (Phi) is 4.94. The first kappa shape index (κ1) is 12.0. The molecule has 1 aliphatic rings. The van der Waals surface area contributed by atoms with Crippen LogP contribution in [0.4, 0.5) is 0 Å². The van der Waals surface area contributed by atoms with Crippen LogP contribution in [0.2, 0.25) is 0 Å². The van der Waals surface area contributed by atoms with Crippen LogP contribution < -0.4 is 5.32 Å². The third kappa shape index (κ3) is 2.98. The Balaban J connectivity index is 2.35. The zero-order valence-electron chi connectivity index (χ0n) is 10.3. The molecule has 1 fully saturated rings. The molecule has 4 atom stereocenters. The Morgan fingerprint density at radius 1 is 1.21 bits per heavy atom. The van der Waals surface area contributed by atoms with E-state index in [0.717, 1.165) is 23.9 Å². The Labute approximate surface area is 89.7 Å². The summed E-state index contributed by atoms with van der Waals surface area (Å²) in [5.41, 5.74) is 0. The second-order valence-electron chi connectivity index (χ2n) is 5.08. The molecule has 0 amide bonds. The summed E-state index contributed by atoms with van der Waals surface area (Å²) >= 11 is 0. The molecular formula is C13H27N. The predicted molar refractivity (Wildman–Crippen MR) is 63.5 cm³/mol. The largest absolute Gasteiger partial charge is 0.311 e. The highest BCUT2D eigenvalue weighted by molar-refractivity contribution is 4.86. The van der Waals surface area contributed by atoms with Gasteiger partial charge in [-0.2, -0.15) is 0 Å². The van der Waals surface area contributed by atoms with Crippen LogP contribution in [-0.4, -0.2) is 12.1 Å². The quantitative estimate of drug-likeness (QED) is 0.710. The van der Waals surface area contributed by atoms with Crippen molar-refractivity contribution in [3.63, 3.8) is 0 Å². The van der Waals surface area contributed by atoms with Gasteiger partial charge in [0.05, 0.1) is 0 Å². The van der Waals surface area contributed by atoms with E-state index in [1.807, 2.05) is 0 Å². The molecule has 14 heavy (non-hydrogen) atoms. The standard InChI is InChI=1S/C13H27N/c1-5-7-12(6-2)14-13-9-8-10(3)11(13)4/h10-14H,5-9H2,1-4H3. The highest BCUT2D eigenvalue weighted by Crippen LogP contribution is 2.31. The molecule has 84 valence electrons. The highest BCUT2D eigenvalue weighted by Gasteiger charge is 2.30. The van der Waals surface area contributed by atoms with Gasteiger partial charge < -0.3 is 5.32 Å². The van der Waals surface area contributed by atoms with Gasteiger partial charge >= 0.3 is 0 Å². The number of hydrogen-bond acceptors (Lipinski definition) is 1. The third-order valence-corrected chi connectivity index (χ3v) is 4.04. The van der Waals surface area contributed by atoms with Crippen LogP contribution in [0, 0.1) is 11.8 Å². The summed E-state index contributed by atoms with van der Waals surface area (Å²) < 4.78 is 0. The van der Waals surface area contributed by atoms with Crippen LogP contribution >= 0.6 is 0 Å². The van der Waals surface area contributed by atoms with Crippen molar-refractivity contribution in [3.8, 4) is 0 Å². The SMILES string of the molecule is CCCC(CC)NC1CCC(C)C1C. The molecule has 0 spiro atoms. The molecule has 4 unspecified atom stereocenters. The van der Waals surface area contributed by atoms with E-state index in [9.17, 15) is 0 Å². The van der Waals surface area contributed by atoms with Crippen molar-refractivity contribution in [2.45, 2.75) is 71.9 Å². The Morgan fingerprint density at radius 3 is 2.36 bits per heavy atom. The molecule has 0 heterocycles. The number of hydrogen-bond donors (Lipinski definition) is 1. The average Bonchev–Trinajstić information content (AvgIpc) is 2.49. The van der Waals surface area contributed by atoms with Crippen molar-refractivity contribution < 1.29 is 0 Å². The van der Waals surface area contributed by atoms with Gasteiger partial charge in [-0.05, 0) is 37.5 Å². The Morgan fingerprint density at radius 2 is 1.93 bits per heavy atom. The second-order valence-corrected chi connectivity index (χ2v) is 5.08. The molecule has 0 aromatic carbocycles. The number of rotatable bonds is 5. The highest BCUT2D eigenvalue weighted by atomic mass is 15.0. The molecule has 0 aromatic heterocycles. The van der Waals surface area contributed by atoms with Gasteiger partial charge in [0.2, 0.25) is 0 Å². The normalized spacial score (nSPS) is 34.7. The minimum absolute atomic E-state index is 0.762. The van der Waals surface area contributed by atoms with Gasteiger partial charge in [0, 0.05) is 12.1 Å². The fourth-order valence-electron chi connectivity index (χ4n) is 2.66. The van der Waals surface area contributed by atoms with E-state index in [0.29, 0.717) is 0 Å². The molecule has 0 aliphatic heterocycles. The molecule has 0 radical (unpaired) electrons. The van der Waals surface area contributed by atoms with Crippen molar-refractivity contribution in [1.82, 2.24) is 5.32 Å². The minimum atomic E-state index is 0.762. The fraction of sp³-hybridized carbons (Fsp3) is 1.00. The summed E-state index contributed by atoms with van der Waals surface area (Å²) in [5, 5.41) is 3.85. The molecular weight excluding hydrogens is 170 g/mol. The lowest BCUT2D eigenvalue weighted by atomic mass is 9.96. The predicted octanol–water partition coefficient (Wildman–Crippen LogP) is 3.59. The smallest absolute Gasteiger partial charge is 0.00979 e. The molecule has 1 heteroatoms. The zero-order chi connectivity index (χ0) is 10.6. The van der Waals surface area contributed by atoms with E-state index in [-0.39, 0.29) is 0 Å². The van der Waals surface area contributed by atoms with Gasteiger partial charge in [-0.15, -0.1) is 0 Å². The minimum Gasteiger partial charge on any atom is -0.311 e. The molecule has 0 bridgehead atoms. The molecule has 0 saturated heterocycles. The van der Waals surface area contributed by atoms with Crippen LogP contribution in [0.15, 0.2) is 0 Å². The monoisotopic (exact) mass is 197 g/mol. The maximum absolute atomic E-state index is 3.85. The molecule has 1 rings (SSSR count). The Hall–Kier alpha value is -0.0400. The van der Waals surface area contributed by atoms with Crippen LogP contribution in [-0.2, 0) is 0 Å². The van der Waals surface area contributed by atoms with Crippen molar-refractivity contribution in [2.75, 3.05) is 0 Å². The molecule has 1 N–H and O–H groups in total. The van der Waals surface area contributed by atoms with Crippen molar-refractivity contribution in [2.24, 2.45) is 11.8 Å².